The average Bonchev–Trinajstić information content (AvgIpc) is 3.16. The number of aromatic nitrogens is 2. The van der Waals surface area contributed by atoms with Crippen LogP contribution in [0.2, 0.25) is 0 Å². The first-order valence-corrected chi connectivity index (χ1v) is 9.62. The lowest BCUT2D eigenvalue weighted by Crippen LogP contribution is -2.29. The molecule has 1 atom stereocenters. The molecular formula is C22H24FN3O. The molecular weight excluding hydrogens is 341 g/mol. The van der Waals surface area contributed by atoms with Gasteiger partial charge >= 0.3 is 0 Å². The SMILES string of the molecule is Fc1cccc(C(Cc2ccccc2)c2nc(CN3CCCCC3)no2)c1. The minimum atomic E-state index is -0.251. The number of nitrogens with zero attached hydrogens (tertiary/aromatic N) is 3. The van der Waals surface area contributed by atoms with Crippen LogP contribution in [0, 0.1) is 5.82 Å². The molecule has 4 nitrogen and oxygen atoms in total. The van der Waals surface area contributed by atoms with Gasteiger partial charge in [-0.2, -0.15) is 4.98 Å². The topological polar surface area (TPSA) is 42.2 Å². The third-order valence-electron chi connectivity index (χ3n) is 5.13. The molecule has 3 aromatic rings. The van der Waals surface area contributed by atoms with Gasteiger partial charge < -0.3 is 4.52 Å². The predicted octanol–water partition coefficient (Wildman–Crippen LogP) is 4.57. The molecule has 0 bridgehead atoms. The smallest absolute Gasteiger partial charge is 0.234 e. The van der Waals surface area contributed by atoms with Crippen LogP contribution < -0.4 is 0 Å². The number of hydrogen-bond acceptors (Lipinski definition) is 4. The number of likely N-dealkylation sites (tertiary alicyclic amines) is 1. The van der Waals surface area contributed by atoms with Gasteiger partial charge in [0.15, 0.2) is 5.82 Å². The van der Waals surface area contributed by atoms with E-state index >= 15 is 0 Å². The maximum Gasteiger partial charge on any atom is 0.234 e. The molecule has 5 heteroatoms. The average molecular weight is 365 g/mol. The Morgan fingerprint density at radius 1 is 1.00 bits per heavy atom. The van der Waals surface area contributed by atoms with E-state index in [-0.39, 0.29) is 11.7 Å². The number of piperidine rings is 1. The summed E-state index contributed by atoms with van der Waals surface area (Å²) in [6, 6.07) is 16.8. The Morgan fingerprint density at radius 3 is 2.59 bits per heavy atom. The molecule has 0 amide bonds. The molecule has 1 unspecified atom stereocenters. The van der Waals surface area contributed by atoms with Crippen LogP contribution in [-0.2, 0) is 13.0 Å². The summed E-state index contributed by atoms with van der Waals surface area (Å²) in [5, 5.41) is 4.20. The fourth-order valence-electron chi connectivity index (χ4n) is 3.71. The Balaban J connectivity index is 1.58. The van der Waals surface area contributed by atoms with E-state index in [1.807, 2.05) is 24.3 Å². The first-order valence-electron chi connectivity index (χ1n) is 9.62. The second-order valence-corrected chi connectivity index (χ2v) is 7.18. The van der Waals surface area contributed by atoms with Gasteiger partial charge in [-0.15, -0.1) is 0 Å². The van der Waals surface area contributed by atoms with Crippen molar-refractivity contribution in [3.8, 4) is 0 Å². The summed E-state index contributed by atoms with van der Waals surface area (Å²) >= 11 is 0. The third kappa shape index (κ3) is 4.61. The Bertz CT molecular complexity index is 859. The Hall–Kier alpha value is -2.53. The number of rotatable bonds is 6. The molecule has 1 aliphatic rings. The maximum absolute atomic E-state index is 13.8. The molecule has 0 N–H and O–H groups in total. The monoisotopic (exact) mass is 365 g/mol. The zero-order chi connectivity index (χ0) is 18.5. The van der Waals surface area contributed by atoms with E-state index in [2.05, 4.69) is 27.2 Å². The number of benzene rings is 2. The normalized spacial score (nSPS) is 16.3. The van der Waals surface area contributed by atoms with E-state index in [1.165, 1.54) is 25.3 Å². The summed E-state index contributed by atoms with van der Waals surface area (Å²) in [6.45, 7) is 2.88. The maximum atomic E-state index is 13.8. The van der Waals surface area contributed by atoms with Gasteiger partial charge in [0.1, 0.15) is 5.82 Å². The van der Waals surface area contributed by atoms with Gasteiger partial charge in [0.25, 0.3) is 0 Å². The predicted molar refractivity (Wildman–Crippen MR) is 102 cm³/mol. The standard InChI is InChI=1S/C22H24FN3O/c23-19-11-7-10-18(15-19)20(14-17-8-3-1-4-9-17)22-24-21(25-27-22)16-26-12-5-2-6-13-26/h1,3-4,7-11,15,20H,2,5-6,12-14,16H2. The van der Waals surface area contributed by atoms with E-state index in [0.29, 0.717) is 24.7 Å². The number of halogens is 1. The molecule has 1 saturated heterocycles. The quantitative estimate of drug-likeness (QED) is 0.642. The molecule has 0 spiro atoms. The van der Waals surface area contributed by atoms with Crippen LogP contribution >= 0.6 is 0 Å². The molecule has 0 saturated carbocycles. The van der Waals surface area contributed by atoms with E-state index in [4.69, 9.17) is 4.52 Å². The molecule has 0 radical (unpaired) electrons. The minimum absolute atomic E-state index is 0.161. The number of hydrogen-bond donors (Lipinski definition) is 0. The van der Waals surface area contributed by atoms with Gasteiger partial charge in [0.2, 0.25) is 5.89 Å². The van der Waals surface area contributed by atoms with Crippen LogP contribution in [0.3, 0.4) is 0 Å². The highest BCUT2D eigenvalue weighted by Crippen LogP contribution is 2.28. The van der Waals surface area contributed by atoms with Crippen LogP contribution in [0.15, 0.2) is 59.1 Å². The lowest BCUT2D eigenvalue weighted by Gasteiger charge is -2.24. The Labute approximate surface area is 159 Å². The van der Waals surface area contributed by atoms with Crippen molar-refractivity contribution in [2.45, 2.75) is 38.1 Å². The summed E-state index contributed by atoms with van der Waals surface area (Å²) in [7, 11) is 0. The van der Waals surface area contributed by atoms with Gasteiger partial charge in [0.05, 0.1) is 12.5 Å². The lowest BCUT2D eigenvalue weighted by molar-refractivity contribution is 0.213. The van der Waals surface area contributed by atoms with E-state index in [0.717, 1.165) is 24.2 Å². The molecule has 2 aromatic carbocycles. The van der Waals surface area contributed by atoms with Crippen molar-refractivity contribution in [3.63, 3.8) is 0 Å². The molecule has 1 aliphatic heterocycles. The second-order valence-electron chi connectivity index (χ2n) is 7.18. The molecule has 1 fully saturated rings. The van der Waals surface area contributed by atoms with Gasteiger partial charge in [-0.05, 0) is 55.6 Å². The van der Waals surface area contributed by atoms with Crippen molar-refractivity contribution >= 4 is 0 Å². The summed E-state index contributed by atoms with van der Waals surface area (Å²) in [6.07, 6.45) is 4.44. The Morgan fingerprint density at radius 2 is 1.81 bits per heavy atom. The van der Waals surface area contributed by atoms with Crippen molar-refractivity contribution < 1.29 is 8.91 Å². The van der Waals surface area contributed by atoms with Crippen molar-refractivity contribution in [1.29, 1.82) is 0 Å². The fourth-order valence-corrected chi connectivity index (χ4v) is 3.71. The van der Waals surface area contributed by atoms with E-state index in [1.54, 1.807) is 12.1 Å². The zero-order valence-electron chi connectivity index (χ0n) is 15.4. The highest BCUT2D eigenvalue weighted by molar-refractivity contribution is 5.29. The second kappa shape index (κ2) is 8.44. The largest absolute Gasteiger partial charge is 0.339 e. The van der Waals surface area contributed by atoms with Gasteiger partial charge in [0, 0.05) is 0 Å². The van der Waals surface area contributed by atoms with Crippen molar-refractivity contribution in [2.24, 2.45) is 0 Å². The van der Waals surface area contributed by atoms with Crippen LogP contribution in [0.4, 0.5) is 4.39 Å². The zero-order valence-corrected chi connectivity index (χ0v) is 15.4. The summed E-state index contributed by atoms with van der Waals surface area (Å²) in [4.78, 5) is 7.03. The summed E-state index contributed by atoms with van der Waals surface area (Å²) in [5.74, 6) is 0.849. The first kappa shape index (κ1) is 17.9. The summed E-state index contributed by atoms with van der Waals surface area (Å²) in [5.41, 5.74) is 2.01. The third-order valence-corrected chi connectivity index (χ3v) is 5.13. The van der Waals surface area contributed by atoms with Gasteiger partial charge in [-0.1, -0.05) is 54.0 Å². The van der Waals surface area contributed by atoms with Crippen LogP contribution in [0.1, 0.15) is 48.0 Å². The van der Waals surface area contributed by atoms with E-state index < -0.39 is 0 Å². The van der Waals surface area contributed by atoms with E-state index in [9.17, 15) is 4.39 Å². The highest BCUT2D eigenvalue weighted by atomic mass is 19.1. The molecule has 2 heterocycles. The van der Waals surface area contributed by atoms with Gasteiger partial charge in [-0.25, -0.2) is 4.39 Å². The van der Waals surface area contributed by atoms with Gasteiger partial charge in [-0.3, -0.25) is 4.90 Å². The van der Waals surface area contributed by atoms with Crippen molar-refractivity contribution in [2.75, 3.05) is 13.1 Å². The molecule has 140 valence electrons. The lowest BCUT2D eigenvalue weighted by atomic mass is 9.92. The Kier molecular flexibility index (Phi) is 5.58. The first-order chi connectivity index (χ1) is 13.3. The molecule has 27 heavy (non-hydrogen) atoms. The molecule has 0 aliphatic carbocycles. The van der Waals surface area contributed by atoms with Crippen molar-refractivity contribution in [3.05, 3.63) is 83.3 Å². The fraction of sp³-hybridized carbons (Fsp3) is 0.364. The summed E-state index contributed by atoms with van der Waals surface area (Å²) < 4.78 is 19.4. The van der Waals surface area contributed by atoms with Crippen LogP contribution in [-0.4, -0.2) is 28.1 Å². The van der Waals surface area contributed by atoms with Crippen LogP contribution in [0.5, 0.6) is 0 Å². The van der Waals surface area contributed by atoms with Crippen molar-refractivity contribution in [1.82, 2.24) is 15.0 Å². The van der Waals surface area contributed by atoms with Crippen LogP contribution in [0.25, 0.3) is 0 Å². The molecule has 4 rings (SSSR count). The molecule has 1 aromatic heterocycles. The highest BCUT2D eigenvalue weighted by Gasteiger charge is 2.23. The minimum Gasteiger partial charge on any atom is -0.339 e.